The molecule has 0 atom stereocenters. The normalized spacial score (nSPS) is 12.4. The average molecular weight is 938 g/mol. The van der Waals surface area contributed by atoms with Gasteiger partial charge in [0.05, 0.1) is 5.52 Å². The van der Waals surface area contributed by atoms with Crippen LogP contribution in [0.2, 0.25) is 0 Å². The molecule has 0 saturated carbocycles. The Bertz CT molecular complexity index is 4030. The molecule has 0 saturated heterocycles. The summed E-state index contributed by atoms with van der Waals surface area (Å²) in [7, 11) is 0. The van der Waals surface area contributed by atoms with Crippen molar-refractivity contribution in [2.45, 2.75) is 26.2 Å². The molecular weight excluding hydrogens is 894 g/mol. The lowest BCUT2D eigenvalue weighted by Gasteiger charge is -2.35. The van der Waals surface area contributed by atoms with Gasteiger partial charge in [0, 0.05) is 55.4 Å². The highest BCUT2D eigenvalue weighted by Crippen LogP contribution is 2.43. The van der Waals surface area contributed by atoms with E-state index >= 15 is 0 Å². The molecule has 9 heteroatoms. The first-order chi connectivity index (χ1) is 35.8. The minimum atomic E-state index is -0.180. The van der Waals surface area contributed by atoms with Gasteiger partial charge in [0.15, 0.2) is 34.9 Å². The van der Waals surface area contributed by atoms with Gasteiger partial charge in [-0.1, -0.05) is 191 Å². The van der Waals surface area contributed by atoms with Gasteiger partial charge in [-0.3, -0.25) is 0 Å². The van der Waals surface area contributed by atoms with E-state index in [1.54, 1.807) is 0 Å². The Kier molecular flexibility index (Phi) is 9.70. The van der Waals surface area contributed by atoms with Gasteiger partial charge in [-0.2, -0.15) is 0 Å². The third kappa shape index (κ3) is 7.22. The van der Waals surface area contributed by atoms with Crippen LogP contribution in [-0.2, 0) is 5.41 Å². The van der Waals surface area contributed by atoms with Crippen LogP contribution in [0.15, 0.2) is 212 Å². The molecule has 0 unspecified atom stereocenters. The Labute approximate surface area is 422 Å². The molecule has 0 spiro atoms. The number of hydrogen-bond acceptors (Lipinski definition) is 7. The van der Waals surface area contributed by atoms with Crippen molar-refractivity contribution in [3.05, 3.63) is 218 Å². The van der Waals surface area contributed by atoms with Gasteiger partial charge in [-0.15, -0.1) is 0 Å². The Balaban J connectivity index is 1.07. The fourth-order valence-electron chi connectivity index (χ4n) is 10.7. The van der Waals surface area contributed by atoms with Gasteiger partial charge < -0.3 is 9.30 Å². The van der Waals surface area contributed by atoms with Crippen LogP contribution in [0.4, 0.5) is 0 Å². The molecule has 0 radical (unpaired) electrons. The summed E-state index contributed by atoms with van der Waals surface area (Å²) in [5.74, 6) is 5.31. The van der Waals surface area contributed by atoms with E-state index in [9.17, 15) is 0 Å². The van der Waals surface area contributed by atoms with E-state index in [4.69, 9.17) is 34.6 Å². The van der Waals surface area contributed by atoms with E-state index in [2.05, 4.69) is 141 Å². The van der Waals surface area contributed by atoms with Crippen LogP contribution in [0.1, 0.15) is 26.3 Å². The summed E-state index contributed by atoms with van der Waals surface area (Å²) in [4.78, 5) is 31.1. The predicted octanol–water partition coefficient (Wildman–Crippen LogP) is 13.1. The number of benzene rings is 9. The summed E-state index contributed by atoms with van der Waals surface area (Å²) in [6.07, 6.45) is 0. The summed E-state index contributed by atoms with van der Waals surface area (Å²) in [5.41, 5.74) is 15.3. The van der Waals surface area contributed by atoms with Crippen molar-refractivity contribution in [2.75, 3.05) is 0 Å². The SMILES string of the molecule is CC(C)(C)c1cc2c3c(c1)-n1c4ccc(-c5nc(-c6ccccc6)nc(-c6ccccc6)n5)cc4c4cc(-c5nc(-c6ccccc6)nc(-c6ccccc6)n5)cc(c41)B3c1ccc(-c3ccccc3)cc1O2. The molecule has 0 amide bonds. The first kappa shape index (κ1) is 42.5. The second kappa shape index (κ2) is 16.6. The molecule has 0 bridgehead atoms. The molecule has 3 aromatic heterocycles. The summed E-state index contributed by atoms with van der Waals surface area (Å²) in [6.45, 7) is 6.63. The van der Waals surface area contributed by atoms with Gasteiger partial charge >= 0.3 is 0 Å². The molecule has 2 aliphatic rings. The zero-order valence-corrected chi connectivity index (χ0v) is 40.3. The predicted molar refractivity (Wildman–Crippen MR) is 295 cm³/mol. The fraction of sp³-hybridized carbons (Fsp3) is 0.0625. The third-order valence-electron chi connectivity index (χ3n) is 14.3. The summed E-state index contributed by atoms with van der Waals surface area (Å²) in [6, 6.07) is 73.7. The second-order valence-electron chi connectivity index (χ2n) is 19.9. The van der Waals surface area contributed by atoms with Crippen molar-refractivity contribution in [1.82, 2.24) is 34.5 Å². The molecule has 14 rings (SSSR count). The van der Waals surface area contributed by atoms with Gasteiger partial charge in [-0.25, -0.2) is 29.9 Å². The van der Waals surface area contributed by atoms with E-state index in [0.29, 0.717) is 34.9 Å². The summed E-state index contributed by atoms with van der Waals surface area (Å²) in [5, 5.41) is 2.11. The van der Waals surface area contributed by atoms with E-state index in [0.717, 1.165) is 99.9 Å². The Morgan fingerprint density at radius 3 is 1.33 bits per heavy atom. The minimum absolute atomic E-state index is 0.173. The molecule has 0 N–H and O–H groups in total. The zero-order valence-electron chi connectivity index (χ0n) is 40.3. The van der Waals surface area contributed by atoms with E-state index in [1.165, 1.54) is 5.56 Å². The highest BCUT2D eigenvalue weighted by Gasteiger charge is 2.42. The molecule has 344 valence electrons. The van der Waals surface area contributed by atoms with Crippen LogP contribution in [-0.4, -0.2) is 41.2 Å². The van der Waals surface area contributed by atoms with E-state index < -0.39 is 0 Å². The minimum Gasteiger partial charge on any atom is -0.458 e. The first-order valence-corrected chi connectivity index (χ1v) is 24.7. The van der Waals surface area contributed by atoms with Gasteiger partial charge in [-0.05, 0) is 81.0 Å². The second-order valence-corrected chi connectivity index (χ2v) is 19.9. The number of ether oxygens (including phenoxy) is 1. The monoisotopic (exact) mass is 937 g/mol. The van der Waals surface area contributed by atoms with Crippen LogP contribution >= 0.6 is 0 Å². The van der Waals surface area contributed by atoms with Crippen molar-refractivity contribution in [3.8, 4) is 96.6 Å². The van der Waals surface area contributed by atoms with Crippen LogP contribution in [0.25, 0.3) is 107 Å². The highest BCUT2D eigenvalue weighted by atomic mass is 16.5. The van der Waals surface area contributed by atoms with Crippen molar-refractivity contribution in [2.24, 2.45) is 0 Å². The van der Waals surface area contributed by atoms with Crippen LogP contribution in [0.5, 0.6) is 11.5 Å². The van der Waals surface area contributed by atoms with Crippen LogP contribution < -0.4 is 21.1 Å². The maximum atomic E-state index is 7.17. The first-order valence-electron chi connectivity index (χ1n) is 24.7. The van der Waals surface area contributed by atoms with Crippen molar-refractivity contribution < 1.29 is 4.74 Å². The molecule has 2 aliphatic heterocycles. The Hall–Kier alpha value is -9.34. The number of fused-ring (bicyclic) bond motifs is 7. The maximum absolute atomic E-state index is 7.17. The maximum Gasteiger partial charge on any atom is 0.256 e. The molecular formula is C64H44BN7O. The van der Waals surface area contributed by atoms with Gasteiger partial charge in [0.2, 0.25) is 0 Å². The molecule has 5 heterocycles. The highest BCUT2D eigenvalue weighted by molar-refractivity contribution is 6.99. The van der Waals surface area contributed by atoms with Crippen molar-refractivity contribution >= 4 is 44.9 Å². The molecule has 73 heavy (non-hydrogen) atoms. The summed E-state index contributed by atoms with van der Waals surface area (Å²) < 4.78 is 9.63. The third-order valence-corrected chi connectivity index (χ3v) is 14.3. The lowest BCUT2D eigenvalue weighted by molar-refractivity contribution is 0.483. The van der Waals surface area contributed by atoms with Crippen LogP contribution in [0.3, 0.4) is 0 Å². The number of rotatable bonds is 7. The molecule has 12 aromatic rings. The quantitative estimate of drug-likeness (QED) is 0.147. The topological polar surface area (TPSA) is 91.5 Å². The van der Waals surface area contributed by atoms with E-state index in [-0.39, 0.29) is 12.1 Å². The summed E-state index contributed by atoms with van der Waals surface area (Å²) >= 11 is 0. The Morgan fingerprint density at radius 2 is 0.822 bits per heavy atom. The van der Waals surface area contributed by atoms with Crippen LogP contribution in [0, 0.1) is 0 Å². The number of hydrogen-bond donors (Lipinski definition) is 0. The molecule has 9 aromatic carbocycles. The van der Waals surface area contributed by atoms with Gasteiger partial charge in [0.25, 0.3) is 6.71 Å². The zero-order chi connectivity index (χ0) is 48.8. The van der Waals surface area contributed by atoms with Gasteiger partial charge in [0.1, 0.15) is 11.5 Å². The van der Waals surface area contributed by atoms with Crippen molar-refractivity contribution in [1.29, 1.82) is 0 Å². The lowest BCUT2D eigenvalue weighted by Crippen LogP contribution is -2.58. The number of nitrogens with zero attached hydrogens (tertiary/aromatic N) is 7. The largest absolute Gasteiger partial charge is 0.458 e. The average Bonchev–Trinajstić information content (AvgIpc) is 3.78. The molecule has 0 aliphatic carbocycles. The standard InChI is InChI=1S/C64H44BN7O/c1-64(2,3)47-37-53-56-55(38-47)73-54-36-44(39-19-9-4-10-20-39)29-31-50(54)65(56)51-35-46(63-70-60(42-25-15-7-16-26-42)67-61(71-63)43-27-17-8-18-28-43)34-49-48-33-45(30-32-52(48)72(53)57(49)51)62-68-58(40-21-11-5-12-22-40)66-59(69-62)41-23-13-6-14-24-41/h4-38H,1-3H3. The molecule has 8 nitrogen and oxygen atoms in total. The smallest absolute Gasteiger partial charge is 0.256 e. The fourth-order valence-corrected chi connectivity index (χ4v) is 10.7. The number of aromatic nitrogens is 7. The van der Waals surface area contributed by atoms with Crippen molar-refractivity contribution in [3.63, 3.8) is 0 Å². The molecule has 0 fully saturated rings. The lowest BCUT2D eigenvalue weighted by atomic mass is 9.34. The Morgan fingerprint density at radius 1 is 0.370 bits per heavy atom. The van der Waals surface area contributed by atoms with E-state index in [1.807, 2.05) is 97.1 Å².